The second-order valence-electron chi connectivity index (χ2n) is 3.01. The van der Waals surface area contributed by atoms with Crippen LogP contribution in [-0.4, -0.2) is 6.61 Å². The maximum absolute atomic E-state index is 12.8. The van der Waals surface area contributed by atoms with E-state index in [0.717, 1.165) is 12.5 Å². The summed E-state index contributed by atoms with van der Waals surface area (Å²) in [5, 5.41) is 0. The molecule has 0 aromatic heterocycles. The van der Waals surface area contributed by atoms with Crippen LogP contribution >= 0.6 is 0 Å². The first-order valence-corrected chi connectivity index (χ1v) is 4.09. The van der Waals surface area contributed by atoms with Gasteiger partial charge in [-0.3, -0.25) is 0 Å². The zero-order valence-corrected chi connectivity index (χ0v) is 6.89. The molecule has 70 valence electrons. The maximum Gasteiger partial charge on any atom is 0.126 e. The largest absolute Gasteiger partial charge is 0.301 e. The summed E-state index contributed by atoms with van der Waals surface area (Å²) in [7, 11) is 0. The minimum Gasteiger partial charge on any atom is -0.301 e. The van der Waals surface area contributed by atoms with Crippen LogP contribution in [0, 0.1) is 11.6 Å². The van der Waals surface area contributed by atoms with E-state index in [1.165, 1.54) is 12.1 Å². The van der Waals surface area contributed by atoms with Gasteiger partial charge in [-0.25, -0.2) is 8.78 Å². The molecule has 0 unspecified atom stereocenters. The molecule has 1 aromatic carbocycles. The number of nitrogens with one attached hydrogen (secondary N) is 1. The topological polar surface area (TPSA) is 21.3 Å². The zero-order chi connectivity index (χ0) is 9.26. The fourth-order valence-electron chi connectivity index (χ4n) is 1.41. The van der Waals surface area contributed by atoms with E-state index < -0.39 is 11.6 Å². The lowest BCUT2D eigenvalue weighted by Crippen LogP contribution is -2.11. The van der Waals surface area contributed by atoms with E-state index >= 15 is 0 Å². The van der Waals surface area contributed by atoms with Gasteiger partial charge >= 0.3 is 0 Å². The van der Waals surface area contributed by atoms with Crippen molar-refractivity contribution in [3.05, 3.63) is 35.4 Å². The van der Waals surface area contributed by atoms with Crippen LogP contribution in [0.1, 0.15) is 18.0 Å². The summed E-state index contributed by atoms with van der Waals surface area (Å²) in [4.78, 5) is 4.90. The monoisotopic (exact) mass is 185 g/mol. The Kier molecular flexibility index (Phi) is 2.24. The molecule has 2 nitrogen and oxygen atoms in total. The van der Waals surface area contributed by atoms with Crippen molar-refractivity contribution in [3.8, 4) is 0 Å². The van der Waals surface area contributed by atoms with E-state index in [-0.39, 0.29) is 6.04 Å². The van der Waals surface area contributed by atoms with Crippen molar-refractivity contribution < 1.29 is 13.6 Å². The predicted octanol–water partition coefficient (Wildman–Crippen LogP) is 1.93. The number of hydroxylamine groups is 1. The van der Waals surface area contributed by atoms with Gasteiger partial charge in [-0.05, 0) is 24.1 Å². The number of hydrogen-bond donors (Lipinski definition) is 1. The van der Waals surface area contributed by atoms with Gasteiger partial charge in [0.05, 0.1) is 12.6 Å². The summed E-state index contributed by atoms with van der Waals surface area (Å²) >= 11 is 0. The summed E-state index contributed by atoms with van der Waals surface area (Å²) < 4.78 is 25.5. The van der Waals surface area contributed by atoms with Crippen molar-refractivity contribution in [2.24, 2.45) is 0 Å². The lowest BCUT2D eigenvalue weighted by atomic mass is 10.1. The van der Waals surface area contributed by atoms with Crippen LogP contribution in [0.5, 0.6) is 0 Å². The Morgan fingerprint density at radius 3 is 2.46 bits per heavy atom. The molecule has 0 saturated carbocycles. The van der Waals surface area contributed by atoms with Gasteiger partial charge < -0.3 is 4.84 Å². The van der Waals surface area contributed by atoms with Crippen molar-refractivity contribution in [1.82, 2.24) is 5.48 Å². The van der Waals surface area contributed by atoms with Crippen molar-refractivity contribution in [3.63, 3.8) is 0 Å². The SMILES string of the molecule is Fc1cc(F)cc([C@H]2CCON2)c1. The Morgan fingerprint density at radius 1 is 1.23 bits per heavy atom. The fraction of sp³-hybridized carbons (Fsp3) is 0.333. The van der Waals surface area contributed by atoms with Gasteiger partial charge in [0.1, 0.15) is 11.6 Å². The molecular formula is C9H9F2NO. The standard InChI is InChI=1S/C9H9F2NO/c10-7-3-6(4-8(11)5-7)9-1-2-13-12-9/h3-5,9,12H,1-2H2/t9-/m1/s1. The first-order valence-electron chi connectivity index (χ1n) is 4.09. The van der Waals surface area contributed by atoms with Gasteiger partial charge in [0, 0.05) is 6.07 Å². The molecule has 1 saturated heterocycles. The van der Waals surface area contributed by atoms with E-state index in [9.17, 15) is 8.78 Å². The highest BCUT2D eigenvalue weighted by molar-refractivity contribution is 5.21. The molecule has 1 N–H and O–H groups in total. The average Bonchev–Trinajstić information content (AvgIpc) is 2.53. The van der Waals surface area contributed by atoms with Crippen LogP contribution < -0.4 is 5.48 Å². The maximum atomic E-state index is 12.8. The minimum atomic E-state index is -0.552. The van der Waals surface area contributed by atoms with Gasteiger partial charge in [-0.2, -0.15) is 5.48 Å². The molecule has 1 heterocycles. The van der Waals surface area contributed by atoms with Crippen LogP contribution in [0.25, 0.3) is 0 Å². The lowest BCUT2D eigenvalue weighted by molar-refractivity contribution is 0.0882. The summed E-state index contributed by atoms with van der Waals surface area (Å²) in [5.41, 5.74) is 3.29. The molecule has 2 rings (SSSR count). The second-order valence-corrected chi connectivity index (χ2v) is 3.01. The molecule has 1 aliphatic rings. The summed E-state index contributed by atoms with van der Waals surface area (Å²) in [6, 6.07) is 3.40. The number of benzene rings is 1. The van der Waals surface area contributed by atoms with Crippen molar-refractivity contribution in [2.45, 2.75) is 12.5 Å². The molecule has 1 fully saturated rings. The Labute approximate surface area is 74.5 Å². The van der Waals surface area contributed by atoms with Crippen molar-refractivity contribution in [2.75, 3.05) is 6.61 Å². The first kappa shape index (κ1) is 8.59. The van der Waals surface area contributed by atoms with E-state index in [2.05, 4.69) is 5.48 Å². The van der Waals surface area contributed by atoms with Gasteiger partial charge in [0.2, 0.25) is 0 Å². The van der Waals surface area contributed by atoms with Crippen molar-refractivity contribution in [1.29, 1.82) is 0 Å². The van der Waals surface area contributed by atoms with Crippen LogP contribution in [0.4, 0.5) is 8.78 Å². The molecule has 0 radical (unpaired) electrons. The van der Waals surface area contributed by atoms with Crippen LogP contribution in [0.15, 0.2) is 18.2 Å². The number of hydrogen-bond acceptors (Lipinski definition) is 2. The van der Waals surface area contributed by atoms with Gasteiger partial charge in [0.25, 0.3) is 0 Å². The smallest absolute Gasteiger partial charge is 0.126 e. The number of rotatable bonds is 1. The minimum absolute atomic E-state index is 0.0924. The summed E-state index contributed by atoms with van der Waals surface area (Å²) in [5.74, 6) is -1.10. The molecular weight excluding hydrogens is 176 g/mol. The highest BCUT2D eigenvalue weighted by Gasteiger charge is 2.18. The van der Waals surface area contributed by atoms with Crippen molar-refractivity contribution >= 4 is 0 Å². The molecule has 1 aliphatic heterocycles. The highest BCUT2D eigenvalue weighted by Crippen LogP contribution is 2.22. The van der Waals surface area contributed by atoms with E-state index in [4.69, 9.17) is 4.84 Å². The third-order valence-electron chi connectivity index (χ3n) is 2.02. The molecule has 0 spiro atoms. The Hall–Kier alpha value is -1.00. The molecule has 0 amide bonds. The Balaban J connectivity index is 2.28. The second kappa shape index (κ2) is 3.40. The Bertz CT molecular complexity index is 290. The van der Waals surface area contributed by atoms with Crippen LogP contribution in [-0.2, 0) is 4.84 Å². The quantitative estimate of drug-likeness (QED) is 0.721. The third kappa shape index (κ3) is 1.84. The molecule has 1 atom stereocenters. The number of halogens is 2. The van der Waals surface area contributed by atoms with Gasteiger partial charge in [-0.15, -0.1) is 0 Å². The zero-order valence-electron chi connectivity index (χ0n) is 6.89. The molecule has 0 bridgehead atoms. The first-order chi connectivity index (χ1) is 6.25. The van der Waals surface area contributed by atoms with Gasteiger partial charge in [-0.1, -0.05) is 0 Å². The third-order valence-corrected chi connectivity index (χ3v) is 2.02. The van der Waals surface area contributed by atoms with E-state index in [0.29, 0.717) is 12.2 Å². The van der Waals surface area contributed by atoms with Crippen LogP contribution in [0.3, 0.4) is 0 Å². The highest BCUT2D eigenvalue weighted by atomic mass is 19.1. The van der Waals surface area contributed by atoms with E-state index in [1.54, 1.807) is 0 Å². The summed E-state index contributed by atoms with van der Waals surface area (Å²) in [6.07, 6.45) is 0.739. The summed E-state index contributed by atoms with van der Waals surface area (Å²) in [6.45, 7) is 0.572. The lowest BCUT2D eigenvalue weighted by Gasteiger charge is -2.08. The Morgan fingerprint density at radius 2 is 1.92 bits per heavy atom. The molecule has 1 aromatic rings. The molecule has 4 heteroatoms. The van der Waals surface area contributed by atoms with Crippen LogP contribution in [0.2, 0.25) is 0 Å². The van der Waals surface area contributed by atoms with Gasteiger partial charge in [0.15, 0.2) is 0 Å². The average molecular weight is 185 g/mol. The molecule has 0 aliphatic carbocycles. The normalized spacial score (nSPS) is 22.2. The predicted molar refractivity (Wildman–Crippen MR) is 42.8 cm³/mol. The van der Waals surface area contributed by atoms with E-state index in [1.807, 2.05) is 0 Å². The fourth-order valence-corrected chi connectivity index (χ4v) is 1.41. The molecule has 13 heavy (non-hydrogen) atoms.